The monoisotopic (exact) mass is 397 g/mol. The van der Waals surface area contributed by atoms with Crippen LogP contribution >= 0.6 is 11.6 Å². The fraction of sp³-hybridized carbons (Fsp3) is 0.105. The molecule has 0 radical (unpaired) electrons. The number of rotatable bonds is 5. The number of nitrogens with zero attached hydrogens (tertiary/aromatic N) is 4. The summed E-state index contributed by atoms with van der Waals surface area (Å²) in [7, 11) is -0.973. The van der Waals surface area contributed by atoms with Crippen molar-refractivity contribution in [3.8, 4) is 5.69 Å². The Hall–Kier alpha value is -2.77. The smallest absolute Gasteiger partial charge is 0.168 e. The molecule has 0 spiro atoms. The number of aromatic nitrogens is 4. The number of fused-ring (bicyclic) bond motifs is 1. The summed E-state index contributed by atoms with van der Waals surface area (Å²) >= 11 is 6.21. The number of hydrogen-bond acceptors (Lipinski definition) is 5. The van der Waals surface area contributed by atoms with E-state index in [-0.39, 0.29) is 0 Å². The molecule has 6 nitrogen and oxygen atoms in total. The maximum atomic E-state index is 11.5. The zero-order chi connectivity index (χ0) is 18.8. The van der Waals surface area contributed by atoms with Gasteiger partial charge in [0.1, 0.15) is 12.1 Å². The Morgan fingerprint density at radius 2 is 1.96 bits per heavy atom. The molecule has 4 aromatic rings. The van der Waals surface area contributed by atoms with E-state index in [1.54, 1.807) is 23.2 Å². The van der Waals surface area contributed by atoms with Gasteiger partial charge in [-0.25, -0.2) is 14.6 Å². The molecular formula is C19H16ClN5OS. The van der Waals surface area contributed by atoms with E-state index in [9.17, 15) is 4.21 Å². The molecule has 1 unspecified atom stereocenters. The number of nitrogens with one attached hydrogen (secondary N) is 1. The first kappa shape index (κ1) is 17.6. The third-order valence-corrected chi connectivity index (χ3v) is 5.12. The molecule has 0 aliphatic heterocycles. The van der Waals surface area contributed by atoms with Gasteiger partial charge in [0.05, 0.1) is 17.3 Å². The molecule has 0 amide bonds. The fourth-order valence-corrected chi connectivity index (χ4v) is 3.76. The summed E-state index contributed by atoms with van der Waals surface area (Å²) in [6, 6.07) is 15.3. The summed E-state index contributed by atoms with van der Waals surface area (Å²) in [4.78, 5) is 8.73. The van der Waals surface area contributed by atoms with Crippen LogP contribution in [0.25, 0.3) is 16.7 Å². The molecule has 1 atom stereocenters. The minimum atomic E-state index is -0.973. The van der Waals surface area contributed by atoms with Crippen LogP contribution in [0, 0.1) is 0 Å². The number of hydrogen-bond donors (Lipinski definition) is 1. The average molecular weight is 398 g/mol. The van der Waals surface area contributed by atoms with Crippen LogP contribution in [0.15, 0.2) is 61.1 Å². The van der Waals surface area contributed by atoms with Crippen LogP contribution < -0.4 is 5.32 Å². The minimum Gasteiger partial charge on any atom is -0.340 e. The van der Waals surface area contributed by atoms with E-state index < -0.39 is 10.8 Å². The third-order valence-electron chi connectivity index (χ3n) is 4.03. The highest BCUT2D eigenvalue weighted by atomic mass is 35.5. The molecular weight excluding hydrogens is 382 g/mol. The Kier molecular flexibility index (Phi) is 4.87. The largest absolute Gasteiger partial charge is 0.340 e. The molecule has 8 heteroatoms. The van der Waals surface area contributed by atoms with Gasteiger partial charge in [-0.05, 0) is 35.9 Å². The number of para-hydroxylation sites is 1. The van der Waals surface area contributed by atoms with Crippen molar-refractivity contribution in [1.82, 2.24) is 19.7 Å². The van der Waals surface area contributed by atoms with Crippen molar-refractivity contribution in [3.05, 3.63) is 71.6 Å². The highest BCUT2D eigenvalue weighted by Gasteiger charge is 2.12. The molecule has 0 aliphatic rings. The fourth-order valence-electron chi connectivity index (χ4n) is 2.82. The van der Waals surface area contributed by atoms with Crippen molar-refractivity contribution in [3.63, 3.8) is 0 Å². The van der Waals surface area contributed by atoms with E-state index in [1.807, 2.05) is 42.5 Å². The van der Waals surface area contributed by atoms with Gasteiger partial charge in [0.25, 0.3) is 0 Å². The summed E-state index contributed by atoms with van der Waals surface area (Å²) in [5.41, 5.74) is 3.28. The van der Waals surface area contributed by atoms with Gasteiger partial charge in [-0.2, -0.15) is 5.10 Å². The predicted molar refractivity (Wildman–Crippen MR) is 109 cm³/mol. The lowest BCUT2D eigenvalue weighted by molar-refractivity contribution is 0.686. The molecule has 0 bridgehead atoms. The first-order chi connectivity index (χ1) is 13.1. The molecule has 0 saturated heterocycles. The van der Waals surface area contributed by atoms with Crippen LogP contribution in [0.1, 0.15) is 5.56 Å². The van der Waals surface area contributed by atoms with Crippen LogP contribution in [0.3, 0.4) is 0 Å². The topological polar surface area (TPSA) is 72.7 Å². The molecule has 2 aromatic heterocycles. The van der Waals surface area contributed by atoms with Crippen molar-refractivity contribution in [2.45, 2.75) is 5.75 Å². The molecule has 2 heterocycles. The van der Waals surface area contributed by atoms with E-state index in [0.717, 1.165) is 22.3 Å². The SMILES string of the molecule is CS(=O)Cc1cc(Nc2ncnc3c2cnn3-c2ccccc2)ccc1Cl. The van der Waals surface area contributed by atoms with E-state index in [2.05, 4.69) is 20.4 Å². The molecule has 0 fully saturated rings. The van der Waals surface area contributed by atoms with Crippen molar-refractivity contribution in [2.75, 3.05) is 11.6 Å². The minimum absolute atomic E-state index is 0.402. The number of benzene rings is 2. The van der Waals surface area contributed by atoms with E-state index in [4.69, 9.17) is 11.6 Å². The standard InChI is InChI=1S/C19H16ClN5OS/c1-27(26)11-13-9-14(7-8-17(13)20)24-18-16-10-23-25(19(16)22-12-21-18)15-5-3-2-4-6-15/h2-10,12H,11H2,1H3,(H,21,22,24). The summed E-state index contributed by atoms with van der Waals surface area (Å²) in [6.07, 6.45) is 4.90. The van der Waals surface area contributed by atoms with Gasteiger partial charge >= 0.3 is 0 Å². The van der Waals surface area contributed by atoms with Crippen LogP contribution in [0.2, 0.25) is 5.02 Å². The second-order valence-corrected chi connectivity index (χ2v) is 7.84. The number of anilines is 2. The Labute approximate surface area is 163 Å². The van der Waals surface area contributed by atoms with Crippen molar-refractivity contribution < 1.29 is 4.21 Å². The maximum Gasteiger partial charge on any atom is 0.168 e. The zero-order valence-corrected chi connectivity index (χ0v) is 16.0. The van der Waals surface area contributed by atoms with Crippen molar-refractivity contribution in [1.29, 1.82) is 0 Å². The van der Waals surface area contributed by atoms with Gasteiger partial charge in [-0.1, -0.05) is 29.8 Å². The second-order valence-electron chi connectivity index (χ2n) is 6.00. The molecule has 4 rings (SSSR count). The maximum absolute atomic E-state index is 11.5. The molecule has 136 valence electrons. The van der Waals surface area contributed by atoms with Gasteiger partial charge in [0.15, 0.2) is 5.65 Å². The van der Waals surface area contributed by atoms with Crippen molar-refractivity contribution >= 4 is 44.9 Å². The summed E-state index contributed by atoms with van der Waals surface area (Å²) in [6.45, 7) is 0. The van der Waals surface area contributed by atoms with Crippen LogP contribution in [0.4, 0.5) is 11.5 Å². The van der Waals surface area contributed by atoms with Crippen LogP contribution in [-0.2, 0) is 16.6 Å². The van der Waals surface area contributed by atoms with Gasteiger partial charge in [-0.3, -0.25) is 4.21 Å². The summed E-state index contributed by atoms with van der Waals surface area (Å²) in [5, 5.41) is 9.14. The van der Waals surface area contributed by atoms with Crippen molar-refractivity contribution in [2.24, 2.45) is 0 Å². The zero-order valence-electron chi connectivity index (χ0n) is 14.5. The molecule has 0 saturated carbocycles. The Morgan fingerprint density at radius 1 is 1.15 bits per heavy atom. The third kappa shape index (κ3) is 3.70. The van der Waals surface area contributed by atoms with E-state index in [0.29, 0.717) is 22.2 Å². The predicted octanol–water partition coefficient (Wildman–Crippen LogP) is 4.09. The van der Waals surface area contributed by atoms with Gasteiger partial charge in [0, 0.05) is 33.5 Å². The molecule has 2 aromatic carbocycles. The highest BCUT2D eigenvalue weighted by Crippen LogP contribution is 2.27. The Balaban J connectivity index is 1.71. The van der Waals surface area contributed by atoms with Crippen LogP contribution in [-0.4, -0.2) is 30.2 Å². The molecule has 27 heavy (non-hydrogen) atoms. The summed E-state index contributed by atoms with van der Waals surface area (Å²) < 4.78 is 13.3. The molecule has 1 N–H and O–H groups in total. The normalized spacial score (nSPS) is 12.2. The van der Waals surface area contributed by atoms with E-state index in [1.165, 1.54) is 6.33 Å². The second kappa shape index (κ2) is 7.46. The highest BCUT2D eigenvalue weighted by molar-refractivity contribution is 7.83. The quantitative estimate of drug-likeness (QED) is 0.549. The lowest BCUT2D eigenvalue weighted by Crippen LogP contribution is -2.00. The first-order valence-electron chi connectivity index (χ1n) is 8.21. The first-order valence-corrected chi connectivity index (χ1v) is 10.3. The summed E-state index contributed by atoms with van der Waals surface area (Å²) in [5.74, 6) is 1.05. The molecule has 0 aliphatic carbocycles. The van der Waals surface area contributed by atoms with Gasteiger partial charge in [0.2, 0.25) is 0 Å². The van der Waals surface area contributed by atoms with E-state index >= 15 is 0 Å². The van der Waals surface area contributed by atoms with Gasteiger partial charge < -0.3 is 5.32 Å². The lowest BCUT2D eigenvalue weighted by Gasteiger charge is -2.10. The average Bonchev–Trinajstić information content (AvgIpc) is 3.10. The van der Waals surface area contributed by atoms with Gasteiger partial charge in [-0.15, -0.1) is 0 Å². The number of halogens is 1. The van der Waals surface area contributed by atoms with Crippen LogP contribution in [0.5, 0.6) is 0 Å². The lowest BCUT2D eigenvalue weighted by atomic mass is 10.2. The Morgan fingerprint density at radius 3 is 2.74 bits per heavy atom. The Bertz CT molecular complexity index is 1130.